The number of halogens is 1. The van der Waals surface area contributed by atoms with Crippen LogP contribution < -0.4 is 0 Å². The summed E-state index contributed by atoms with van der Waals surface area (Å²) in [6, 6.07) is 0. The monoisotopic (exact) mass is 207 g/mol. The third-order valence-corrected chi connectivity index (χ3v) is 2.51. The third-order valence-electron chi connectivity index (χ3n) is 1.78. The molecular weight excluding hydrogens is 201 g/mol. The smallest absolute Gasteiger partial charge is 0.326 e. The minimum absolute atomic E-state index is 0.380. The maximum absolute atomic E-state index is 3.51. The zero-order valence-electron chi connectivity index (χ0n) is 5.94. The third kappa shape index (κ3) is 1.20. The van der Waals surface area contributed by atoms with Gasteiger partial charge in [-0.3, -0.25) is 0 Å². The Kier molecular flexibility index (Phi) is 1.74. The van der Waals surface area contributed by atoms with E-state index in [2.05, 4.69) is 51.3 Å². The van der Waals surface area contributed by atoms with E-state index < -0.39 is 0 Å². The molecule has 2 aliphatic heterocycles. The Morgan fingerprint density at radius 2 is 2.00 bits per heavy atom. The Labute approximate surface area is 75.0 Å². The van der Waals surface area contributed by atoms with Crippen LogP contribution in [0, 0.1) is 0 Å². The van der Waals surface area contributed by atoms with E-state index in [4.69, 9.17) is 0 Å². The van der Waals surface area contributed by atoms with Gasteiger partial charge in [0.1, 0.15) is 0 Å². The molecule has 2 rings (SSSR count). The van der Waals surface area contributed by atoms with Crippen molar-refractivity contribution in [1.29, 1.82) is 0 Å². The summed E-state index contributed by atoms with van der Waals surface area (Å²) in [4.78, 5) is 2.16. The number of hydrogen-bond donors (Lipinski definition) is 0. The predicted molar refractivity (Wildman–Crippen MR) is 52.0 cm³/mol. The molecule has 0 spiro atoms. The Bertz CT molecular complexity index is 278. The zero-order chi connectivity index (χ0) is 7.68. The van der Waals surface area contributed by atoms with Gasteiger partial charge in [-0.05, 0) is 28.9 Å². The van der Waals surface area contributed by atoms with Crippen LogP contribution in [0.3, 0.4) is 0 Å². The van der Waals surface area contributed by atoms with E-state index in [-0.39, 0.29) is 0 Å². The fourth-order valence-corrected chi connectivity index (χ4v) is 1.76. The molecule has 0 N–H and O–H groups in total. The molecule has 0 radical (unpaired) electrons. The van der Waals surface area contributed by atoms with Crippen molar-refractivity contribution in [3.8, 4) is 0 Å². The maximum atomic E-state index is 3.51. The van der Waals surface area contributed by atoms with Crippen molar-refractivity contribution in [2.24, 2.45) is 0 Å². The van der Waals surface area contributed by atoms with Crippen LogP contribution in [0.1, 0.15) is 0 Å². The average Bonchev–Trinajstić information content (AvgIpc) is 2.06. The average molecular weight is 208 g/mol. The molecule has 2 heterocycles. The van der Waals surface area contributed by atoms with Crippen LogP contribution in [0.2, 0.25) is 0 Å². The van der Waals surface area contributed by atoms with Crippen molar-refractivity contribution in [3.63, 3.8) is 0 Å². The van der Waals surface area contributed by atoms with Gasteiger partial charge < -0.3 is 4.81 Å². The zero-order valence-corrected chi connectivity index (χ0v) is 7.53. The van der Waals surface area contributed by atoms with E-state index in [9.17, 15) is 0 Å². The first-order chi connectivity index (χ1) is 5.38. The molecule has 0 saturated carbocycles. The highest BCUT2D eigenvalue weighted by Crippen LogP contribution is 2.21. The van der Waals surface area contributed by atoms with E-state index in [1.807, 2.05) is 12.2 Å². The SMILES string of the molecule is BrC1=CC=CN2C=CC=CB12. The van der Waals surface area contributed by atoms with Gasteiger partial charge in [-0.25, -0.2) is 0 Å². The summed E-state index contributed by atoms with van der Waals surface area (Å²) >= 11 is 3.51. The van der Waals surface area contributed by atoms with E-state index in [0.29, 0.717) is 6.85 Å². The molecule has 0 saturated heterocycles. The molecule has 0 aliphatic carbocycles. The van der Waals surface area contributed by atoms with Crippen molar-refractivity contribution < 1.29 is 0 Å². The highest BCUT2D eigenvalue weighted by atomic mass is 79.9. The second-order valence-electron chi connectivity index (χ2n) is 2.51. The highest BCUT2D eigenvalue weighted by Gasteiger charge is 2.22. The summed E-state index contributed by atoms with van der Waals surface area (Å²) in [7, 11) is 0. The van der Waals surface area contributed by atoms with Gasteiger partial charge in [0.2, 0.25) is 0 Å². The van der Waals surface area contributed by atoms with Crippen LogP contribution in [-0.2, 0) is 0 Å². The molecule has 0 atom stereocenters. The van der Waals surface area contributed by atoms with E-state index in [1.165, 1.54) is 4.38 Å². The van der Waals surface area contributed by atoms with Gasteiger partial charge in [0.25, 0.3) is 0 Å². The van der Waals surface area contributed by atoms with Gasteiger partial charge in [0, 0.05) is 0 Å². The fourth-order valence-electron chi connectivity index (χ4n) is 1.22. The first kappa shape index (κ1) is 6.98. The molecule has 0 bridgehead atoms. The molecule has 0 aromatic heterocycles. The first-order valence-corrected chi connectivity index (χ1v) is 4.33. The summed E-state index contributed by atoms with van der Waals surface area (Å²) in [5.41, 5.74) is 0. The maximum Gasteiger partial charge on any atom is 0.326 e. The summed E-state index contributed by atoms with van der Waals surface area (Å²) < 4.78 is 1.21. The van der Waals surface area contributed by atoms with Crippen LogP contribution in [0.25, 0.3) is 0 Å². The molecule has 0 amide bonds. The van der Waals surface area contributed by atoms with Gasteiger partial charge in [-0.15, -0.1) is 0 Å². The van der Waals surface area contributed by atoms with Crippen molar-refractivity contribution in [2.75, 3.05) is 0 Å². The number of fused-ring (bicyclic) bond motifs is 1. The number of hydrogen-bond acceptors (Lipinski definition) is 1. The van der Waals surface area contributed by atoms with Gasteiger partial charge >= 0.3 is 6.85 Å². The first-order valence-electron chi connectivity index (χ1n) is 3.54. The molecule has 54 valence electrons. The Hall–Kier alpha value is -0.695. The molecule has 0 fully saturated rings. The van der Waals surface area contributed by atoms with Crippen LogP contribution in [0.5, 0.6) is 0 Å². The molecule has 0 aromatic carbocycles. The van der Waals surface area contributed by atoms with E-state index in [1.54, 1.807) is 0 Å². The van der Waals surface area contributed by atoms with Gasteiger partial charge in [0.05, 0.1) is 0 Å². The van der Waals surface area contributed by atoms with Crippen LogP contribution in [0.4, 0.5) is 0 Å². The standard InChI is InChI=1S/C8H7BBrN/c10-8-4-3-7-11-6-2-1-5-9(8)11/h1-7H. The summed E-state index contributed by atoms with van der Waals surface area (Å²) in [6.07, 6.45) is 12.3. The molecule has 3 heteroatoms. The van der Waals surface area contributed by atoms with Crippen LogP contribution >= 0.6 is 15.9 Å². The lowest BCUT2D eigenvalue weighted by molar-refractivity contribution is 0.789. The number of nitrogens with zero attached hydrogens (tertiary/aromatic N) is 1. The largest absolute Gasteiger partial charge is 0.389 e. The van der Waals surface area contributed by atoms with Crippen LogP contribution in [-0.4, -0.2) is 11.7 Å². The van der Waals surface area contributed by atoms with Crippen molar-refractivity contribution in [3.05, 3.63) is 47.1 Å². The normalized spacial score (nSPS) is 20.3. The second kappa shape index (κ2) is 2.74. The Morgan fingerprint density at radius 3 is 2.82 bits per heavy atom. The minimum atomic E-state index is 0.380. The van der Waals surface area contributed by atoms with E-state index >= 15 is 0 Å². The minimum Gasteiger partial charge on any atom is -0.389 e. The Balaban J connectivity index is 2.33. The fraction of sp³-hybridized carbons (Fsp3) is 0. The van der Waals surface area contributed by atoms with Crippen molar-refractivity contribution in [2.45, 2.75) is 0 Å². The van der Waals surface area contributed by atoms with Crippen molar-refractivity contribution in [1.82, 2.24) is 4.81 Å². The van der Waals surface area contributed by atoms with Crippen LogP contribution in [0.15, 0.2) is 47.1 Å². The number of allylic oxidation sites excluding steroid dienone is 4. The predicted octanol–water partition coefficient (Wildman–Crippen LogP) is 2.25. The van der Waals surface area contributed by atoms with Gasteiger partial charge in [0.15, 0.2) is 0 Å². The quantitative estimate of drug-likeness (QED) is 0.551. The van der Waals surface area contributed by atoms with E-state index in [0.717, 1.165) is 0 Å². The summed E-state index contributed by atoms with van der Waals surface area (Å²) in [5, 5.41) is 0. The molecule has 2 aliphatic rings. The highest BCUT2D eigenvalue weighted by molar-refractivity contribution is 9.12. The molecular formula is C8H7BBrN. The number of rotatable bonds is 0. The van der Waals surface area contributed by atoms with Crippen molar-refractivity contribution >= 4 is 22.8 Å². The van der Waals surface area contributed by atoms with Gasteiger partial charge in [-0.1, -0.05) is 34.1 Å². The summed E-state index contributed by atoms with van der Waals surface area (Å²) in [6.45, 7) is 0.380. The molecule has 0 unspecified atom stereocenters. The van der Waals surface area contributed by atoms with Gasteiger partial charge in [-0.2, -0.15) is 0 Å². The molecule has 11 heavy (non-hydrogen) atoms. The Morgan fingerprint density at radius 1 is 1.18 bits per heavy atom. The second-order valence-corrected chi connectivity index (χ2v) is 3.43. The summed E-state index contributed by atoms with van der Waals surface area (Å²) in [5.74, 6) is 2.16. The lowest BCUT2D eigenvalue weighted by atomic mass is 9.58. The molecule has 0 aromatic rings. The topological polar surface area (TPSA) is 3.24 Å². The lowest BCUT2D eigenvalue weighted by Gasteiger charge is -2.26. The molecule has 1 nitrogen and oxygen atoms in total. The lowest BCUT2D eigenvalue weighted by Crippen LogP contribution is -2.32.